The molecule has 0 bridgehead atoms. The van der Waals surface area contributed by atoms with Crippen LogP contribution in [-0.2, 0) is 16.7 Å². The van der Waals surface area contributed by atoms with E-state index >= 15 is 0 Å². The Hall–Kier alpha value is -4.44. The number of rotatable bonds is 7. The molecule has 2 aromatic carbocycles. The molecule has 4 aromatic rings. The standard InChI is InChI=1S/C29H28N6O2.CH4O3S/c1-34-12-10-21(11-13-34)20-37-26-17-31-29(32-18-26)25-7-3-5-23(15-25)19-35-28(36)9-8-27(33-35)24-6-2-4-22(14-24)16-30;1-5(2,3)4/h2-9,14-15,17-18,21H,10-13,19-20H2,1H3;1H3,(H,2,3,4). The van der Waals surface area contributed by atoms with Gasteiger partial charge in [-0.15, -0.1) is 0 Å². The van der Waals surface area contributed by atoms with Crippen LogP contribution in [0, 0.1) is 17.2 Å². The second-order valence-corrected chi connectivity index (χ2v) is 11.6. The molecule has 0 amide bonds. The minimum absolute atomic E-state index is 0.201. The minimum atomic E-state index is -3.67. The van der Waals surface area contributed by atoms with Crippen LogP contribution in [-0.4, -0.2) is 70.6 Å². The van der Waals surface area contributed by atoms with Crippen LogP contribution < -0.4 is 10.3 Å². The van der Waals surface area contributed by atoms with Gasteiger partial charge in [-0.3, -0.25) is 9.35 Å². The number of hydrogen-bond donors (Lipinski definition) is 1. The van der Waals surface area contributed by atoms with Crippen LogP contribution in [0.3, 0.4) is 0 Å². The molecule has 1 aliphatic rings. The molecule has 5 rings (SSSR count). The van der Waals surface area contributed by atoms with Gasteiger partial charge in [0.1, 0.15) is 0 Å². The third kappa shape index (κ3) is 9.31. The van der Waals surface area contributed by atoms with Crippen LogP contribution in [0.5, 0.6) is 5.75 Å². The molecule has 0 aliphatic carbocycles. The Labute approximate surface area is 244 Å². The maximum absolute atomic E-state index is 12.5. The number of nitrogens with zero attached hydrogens (tertiary/aromatic N) is 6. The zero-order valence-electron chi connectivity index (χ0n) is 23.4. The van der Waals surface area contributed by atoms with Crippen LogP contribution in [0.15, 0.2) is 77.9 Å². The van der Waals surface area contributed by atoms with Crippen LogP contribution in [0.2, 0.25) is 0 Å². The summed E-state index contributed by atoms with van der Waals surface area (Å²) < 4.78 is 33.2. The van der Waals surface area contributed by atoms with Gasteiger partial charge in [0.25, 0.3) is 15.7 Å². The number of benzene rings is 2. The van der Waals surface area contributed by atoms with Crippen molar-refractivity contribution in [2.24, 2.45) is 5.92 Å². The third-order valence-corrected chi connectivity index (χ3v) is 6.62. The van der Waals surface area contributed by atoms with Crippen LogP contribution in [0.1, 0.15) is 24.0 Å². The average Bonchev–Trinajstić information content (AvgIpc) is 2.97. The first-order chi connectivity index (χ1) is 20.1. The van der Waals surface area contributed by atoms with E-state index in [1.54, 1.807) is 36.7 Å². The first-order valence-electron chi connectivity index (χ1n) is 13.3. The molecule has 2 aromatic heterocycles. The van der Waals surface area contributed by atoms with Crippen molar-refractivity contribution in [1.29, 1.82) is 5.26 Å². The van der Waals surface area contributed by atoms with Crippen LogP contribution in [0.4, 0.5) is 0 Å². The zero-order chi connectivity index (χ0) is 30.1. The Kier molecular flexibility index (Phi) is 10.1. The molecule has 1 N–H and O–H groups in total. The van der Waals surface area contributed by atoms with Crippen molar-refractivity contribution >= 4 is 10.1 Å². The lowest BCUT2D eigenvalue weighted by atomic mass is 9.98. The molecular weight excluding hydrogens is 556 g/mol. The highest BCUT2D eigenvalue weighted by Gasteiger charge is 2.17. The van der Waals surface area contributed by atoms with Gasteiger partial charge in [-0.05, 0) is 68.7 Å². The van der Waals surface area contributed by atoms with Gasteiger partial charge in [-0.1, -0.05) is 30.3 Å². The van der Waals surface area contributed by atoms with E-state index < -0.39 is 10.1 Å². The lowest BCUT2D eigenvalue weighted by Crippen LogP contribution is -2.32. The molecule has 1 fully saturated rings. The normalized spacial score (nSPS) is 14.0. The summed E-state index contributed by atoms with van der Waals surface area (Å²) in [5.74, 6) is 1.83. The minimum Gasteiger partial charge on any atom is -0.490 e. The number of aromatic nitrogens is 4. The molecule has 0 unspecified atom stereocenters. The predicted molar refractivity (Wildman–Crippen MR) is 158 cm³/mol. The summed E-state index contributed by atoms with van der Waals surface area (Å²) in [5, 5.41) is 13.7. The Bertz CT molecular complexity index is 1700. The molecule has 12 heteroatoms. The van der Waals surface area contributed by atoms with Crippen LogP contribution in [0.25, 0.3) is 22.6 Å². The van der Waals surface area contributed by atoms with E-state index in [1.807, 2.05) is 30.3 Å². The van der Waals surface area contributed by atoms with Crippen molar-refractivity contribution in [3.63, 3.8) is 0 Å². The van der Waals surface area contributed by atoms with Crippen molar-refractivity contribution in [3.05, 3.63) is 94.5 Å². The predicted octanol–water partition coefficient (Wildman–Crippen LogP) is 3.51. The van der Waals surface area contributed by atoms with Crippen molar-refractivity contribution in [2.45, 2.75) is 19.4 Å². The highest BCUT2D eigenvalue weighted by atomic mass is 32.2. The lowest BCUT2D eigenvalue weighted by Gasteiger charge is -2.28. The van der Waals surface area contributed by atoms with Gasteiger partial charge in [0.05, 0.1) is 49.1 Å². The second-order valence-electron chi connectivity index (χ2n) is 10.1. The summed E-state index contributed by atoms with van der Waals surface area (Å²) in [6.45, 7) is 3.21. The van der Waals surface area contributed by atoms with E-state index in [-0.39, 0.29) is 5.56 Å². The van der Waals surface area contributed by atoms with E-state index in [4.69, 9.17) is 9.29 Å². The second kappa shape index (κ2) is 14.0. The maximum Gasteiger partial charge on any atom is 0.267 e. The Morgan fingerprint density at radius 3 is 2.38 bits per heavy atom. The van der Waals surface area contributed by atoms with E-state index in [2.05, 4.69) is 33.1 Å². The van der Waals surface area contributed by atoms with Gasteiger partial charge in [0.2, 0.25) is 0 Å². The van der Waals surface area contributed by atoms with Crippen molar-refractivity contribution in [3.8, 4) is 34.5 Å². The highest BCUT2D eigenvalue weighted by Crippen LogP contribution is 2.21. The van der Waals surface area contributed by atoms with Crippen LogP contribution >= 0.6 is 0 Å². The summed E-state index contributed by atoms with van der Waals surface area (Å²) in [6.07, 6.45) is 6.45. The molecule has 11 nitrogen and oxygen atoms in total. The Balaban J connectivity index is 0.000000748. The monoisotopic (exact) mass is 588 g/mol. The SMILES string of the molecule is CN1CCC(COc2cnc(-c3cccc(Cn4nc(-c5cccc(C#N)c5)ccc4=O)c3)nc2)CC1.CS(=O)(=O)O. The summed E-state index contributed by atoms with van der Waals surface area (Å²) in [6, 6.07) is 20.3. The zero-order valence-corrected chi connectivity index (χ0v) is 24.2. The number of hydrogen-bond acceptors (Lipinski definition) is 9. The molecule has 42 heavy (non-hydrogen) atoms. The van der Waals surface area contributed by atoms with Gasteiger partial charge in [-0.25, -0.2) is 14.6 Å². The van der Waals surface area contributed by atoms with Gasteiger partial charge in [0, 0.05) is 17.2 Å². The lowest BCUT2D eigenvalue weighted by molar-refractivity contribution is 0.159. The summed E-state index contributed by atoms with van der Waals surface area (Å²) in [5.41, 5.74) is 3.52. The number of nitriles is 1. The van der Waals surface area contributed by atoms with E-state index in [0.717, 1.165) is 42.6 Å². The highest BCUT2D eigenvalue weighted by molar-refractivity contribution is 7.85. The maximum atomic E-state index is 12.5. The van der Waals surface area contributed by atoms with Gasteiger partial charge in [0.15, 0.2) is 11.6 Å². The first kappa shape index (κ1) is 30.5. The van der Waals surface area contributed by atoms with E-state index in [0.29, 0.717) is 48.2 Å². The molecular formula is C30H32N6O5S. The van der Waals surface area contributed by atoms with Gasteiger partial charge in [-0.2, -0.15) is 18.8 Å². The molecule has 1 aliphatic heterocycles. The first-order valence-corrected chi connectivity index (χ1v) is 15.2. The average molecular weight is 589 g/mol. The smallest absolute Gasteiger partial charge is 0.267 e. The number of piperidine rings is 1. The fourth-order valence-electron chi connectivity index (χ4n) is 4.43. The van der Waals surface area contributed by atoms with Gasteiger partial charge < -0.3 is 9.64 Å². The molecule has 0 spiro atoms. The van der Waals surface area contributed by atoms with E-state index in [9.17, 15) is 18.5 Å². The Morgan fingerprint density at radius 2 is 1.69 bits per heavy atom. The quantitative estimate of drug-likeness (QED) is 0.318. The summed E-state index contributed by atoms with van der Waals surface area (Å²) in [7, 11) is -1.51. The Morgan fingerprint density at radius 1 is 1.02 bits per heavy atom. The fraction of sp³-hybridized carbons (Fsp3) is 0.300. The number of likely N-dealkylation sites (tertiary alicyclic amines) is 1. The van der Waals surface area contributed by atoms with Gasteiger partial charge >= 0.3 is 0 Å². The molecule has 1 saturated heterocycles. The molecule has 3 heterocycles. The van der Waals surface area contributed by atoms with Crippen molar-refractivity contribution in [1.82, 2.24) is 24.6 Å². The summed E-state index contributed by atoms with van der Waals surface area (Å²) in [4.78, 5) is 23.9. The third-order valence-electron chi connectivity index (χ3n) is 6.62. The topological polar surface area (TPSA) is 151 Å². The molecule has 0 atom stereocenters. The summed E-state index contributed by atoms with van der Waals surface area (Å²) >= 11 is 0. The largest absolute Gasteiger partial charge is 0.490 e. The van der Waals surface area contributed by atoms with E-state index in [1.165, 1.54) is 10.7 Å². The molecule has 218 valence electrons. The molecule has 0 radical (unpaired) electrons. The molecule has 0 saturated carbocycles. The van der Waals surface area contributed by atoms with Crippen molar-refractivity contribution < 1.29 is 17.7 Å². The number of ether oxygens (including phenoxy) is 1. The van der Waals surface area contributed by atoms with Crippen molar-refractivity contribution in [2.75, 3.05) is 33.0 Å². The fourth-order valence-corrected chi connectivity index (χ4v) is 4.43.